The number of sulfone groups is 1. The SMILES string of the molecule is CC(CO)CS(=O)(=O)CC(C)(C)C. The van der Waals surface area contributed by atoms with E-state index in [2.05, 4.69) is 0 Å². The standard InChI is InChI=1S/C9H20O3S/c1-8(5-10)6-13(11,12)7-9(2,3)4/h8,10H,5-7H2,1-4H3. The van der Waals surface area contributed by atoms with E-state index >= 15 is 0 Å². The molecule has 0 rings (SSSR count). The second-order valence-corrected chi connectivity index (χ2v) is 7.01. The number of hydrogen-bond donors (Lipinski definition) is 1. The largest absolute Gasteiger partial charge is 0.396 e. The van der Waals surface area contributed by atoms with Crippen LogP contribution in [0.5, 0.6) is 0 Å². The first-order chi connectivity index (χ1) is 5.66. The highest BCUT2D eigenvalue weighted by Crippen LogP contribution is 2.17. The molecular formula is C9H20O3S. The molecule has 1 N–H and O–H groups in total. The van der Waals surface area contributed by atoms with Crippen LogP contribution in [0.3, 0.4) is 0 Å². The Kier molecular flexibility index (Phi) is 4.39. The summed E-state index contributed by atoms with van der Waals surface area (Å²) in [5.74, 6) is 0.109. The lowest BCUT2D eigenvalue weighted by molar-refractivity contribution is 0.249. The predicted molar refractivity (Wildman–Crippen MR) is 54.4 cm³/mol. The molecule has 0 aromatic heterocycles. The Morgan fingerprint density at radius 2 is 1.77 bits per heavy atom. The van der Waals surface area contributed by atoms with E-state index in [1.807, 2.05) is 20.8 Å². The Bertz CT molecular complexity index is 236. The van der Waals surface area contributed by atoms with Crippen molar-refractivity contribution in [1.29, 1.82) is 0 Å². The van der Waals surface area contributed by atoms with Gasteiger partial charge in [-0.15, -0.1) is 0 Å². The van der Waals surface area contributed by atoms with Crippen molar-refractivity contribution in [2.75, 3.05) is 18.1 Å². The fourth-order valence-electron chi connectivity index (χ4n) is 1.20. The summed E-state index contributed by atoms with van der Waals surface area (Å²) in [4.78, 5) is 0. The van der Waals surface area contributed by atoms with Crippen LogP contribution in [0.25, 0.3) is 0 Å². The van der Waals surface area contributed by atoms with Gasteiger partial charge in [-0.05, 0) is 11.3 Å². The molecule has 0 aromatic rings. The highest BCUT2D eigenvalue weighted by Gasteiger charge is 2.23. The number of aliphatic hydroxyl groups excluding tert-OH is 1. The average molecular weight is 208 g/mol. The minimum Gasteiger partial charge on any atom is -0.396 e. The van der Waals surface area contributed by atoms with Crippen LogP contribution in [-0.2, 0) is 9.84 Å². The van der Waals surface area contributed by atoms with Crippen LogP contribution in [0, 0.1) is 11.3 Å². The highest BCUT2D eigenvalue weighted by molar-refractivity contribution is 7.91. The van der Waals surface area contributed by atoms with Crippen LogP contribution >= 0.6 is 0 Å². The molecule has 3 nitrogen and oxygen atoms in total. The van der Waals surface area contributed by atoms with Gasteiger partial charge in [0.1, 0.15) is 0 Å². The highest BCUT2D eigenvalue weighted by atomic mass is 32.2. The molecule has 1 atom stereocenters. The molecule has 80 valence electrons. The van der Waals surface area contributed by atoms with E-state index in [9.17, 15) is 8.42 Å². The summed E-state index contributed by atoms with van der Waals surface area (Å²) in [6.07, 6.45) is 0. The Hall–Kier alpha value is -0.0900. The van der Waals surface area contributed by atoms with Gasteiger partial charge in [0.2, 0.25) is 0 Å². The summed E-state index contributed by atoms with van der Waals surface area (Å²) in [6.45, 7) is 7.36. The molecule has 13 heavy (non-hydrogen) atoms. The molecule has 0 aliphatic carbocycles. The van der Waals surface area contributed by atoms with Crippen molar-refractivity contribution in [3.63, 3.8) is 0 Å². The van der Waals surface area contributed by atoms with Crippen LogP contribution in [0.1, 0.15) is 27.7 Å². The number of aliphatic hydroxyl groups is 1. The van der Waals surface area contributed by atoms with Crippen LogP contribution in [0.2, 0.25) is 0 Å². The van der Waals surface area contributed by atoms with E-state index in [0.717, 1.165) is 0 Å². The zero-order valence-corrected chi connectivity index (χ0v) is 9.69. The third-order valence-corrected chi connectivity index (χ3v) is 3.89. The summed E-state index contributed by atoms with van der Waals surface area (Å²) in [5, 5.41) is 8.73. The van der Waals surface area contributed by atoms with Gasteiger partial charge >= 0.3 is 0 Å². The third-order valence-electron chi connectivity index (χ3n) is 1.50. The van der Waals surface area contributed by atoms with Gasteiger partial charge in [-0.3, -0.25) is 0 Å². The number of rotatable bonds is 4. The van der Waals surface area contributed by atoms with E-state index in [-0.39, 0.29) is 29.4 Å². The van der Waals surface area contributed by atoms with E-state index in [0.29, 0.717) is 0 Å². The summed E-state index contributed by atoms with van der Waals surface area (Å²) in [6, 6.07) is 0. The van der Waals surface area contributed by atoms with Crippen LogP contribution in [0.4, 0.5) is 0 Å². The molecule has 0 radical (unpaired) electrons. The minimum absolute atomic E-state index is 0.0661. The Morgan fingerprint density at radius 1 is 1.31 bits per heavy atom. The molecule has 0 heterocycles. The van der Waals surface area contributed by atoms with E-state index in [4.69, 9.17) is 5.11 Å². The van der Waals surface area contributed by atoms with Crippen molar-refractivity contribution in [3.05, 3.63) is 0 Å². The molecule has 0 aliphatic rings. The second kappa shape index (κ2) is 4.42. The molecule has 0 bridgehead atoms. The number of hydrogen-bond acceptors (Lipinski definition) is 3. The van der Waals surface area contributed by atoms with Gasteiger partial charge in [0.15, 0.2) is 9.84 Å². The molecule has 0 amide bonds. The van der Waals surface area contributed by atoms with Crippen molar-refractivity contribution in [2.24, 2.45) is 11.3 Å². The molecule has 1 unspecified atom stereocenters. The van der Waals surface area contributed by atoms with Crippen molar-refractivity contribution in [1.82, 2.24) is 0 Å². The van der Waals surface area contributed by atoms with Crippen LogP contribution in [0.15, 0.2) is 0 Å². The average Bonchev–Trinajstić information content (AvgIpc) is 1.80. The summed E-state index contributed by atoms with van der Waals surface area (Å²) < 4.78 is 23.0. The van der Waals surface area contributed by atoms with Gasteiger partial charge in [0, 0.05) is 6.61 Å². The lowest BCUT2D eigenvalue weighted by Crippen LogP contribution is -2.26. The molecule has 0 aromatic carbocycles. The summed E-state index contributed by atoms with van der Waals surface area (Å²) in [5.41, 5.74) is -0.200. The third kappa shape index (κ3) is 7.02. The Balaban J connectivity index is 4.27. The second-order valence-electron chi connectivity index (χ2n) is 4.90. The van der Waals surface area contributed by atoms with E-state index in [1.165, 1.54) is 0 Å². The molecule has 0 saturated heterocycles. The predicted octanol–water partition coefficient (Wildman–Crippen LogP) is 1.08. The molecule has 4 heteroatoms. The molecule has 0 saturated carbocycles. The fourth-order valence-corrected chi connectivity index (χ4v) is 3.61. The fraction of sp³-hybridized carbons (Fsp3) is 1.00. The van der Waals surface area contributed by atoms with Gasteiger partial charge < -0.3 is 5.11 Å². The normalized spacial score (nSPS) is 15.8. The molecular weight excluding hydrogens is 188 g/mol. The first-order valence-corrected chi connectivity index (χ1v) is 6.30. The van der Waals surface area contributed by atoms with Gasteiger partial charge in [-0.25, -0.2) is 8.42 Å². The Labute approximate surface area is 81.1 Å². The smallest absolute Gasteiger partial charge is 0.151 e. The molecule has 0 aliphatic heterocycles. The summed E-state index contributed by atoms with van der Waals surface area (Å²) >= 11 is 0. The van der Waals surface area contributed by atoms with E-state index < -0.39 is 9.84 Å². The van der Waals surface area contributed by atoms with Crippen LogP contribution in [-0.4, -0.2) is 31.6 Å². The lowest BCUT2D eigenvalue weighted by atomic mass is 10.0. The molecule has 0 spiro atoms. The molecule has 0 fully saturated rings. The van der Waals surface area contributed by atoms with Crippen molar-refractivity contribution >= 4 is 9.84 Å². The summed E-state index contributed by atoms with van der Waals surface area (Å²) in [7, 11) is -3.01. The van der Waals surface area contributed by atoms with Crippen molar-refractivity contribution in [2.45, 2.75) is 27.7 Å². The zero-order chi connectivity index (χ0) is 10.7. The van der Waals surface area contributed by atoms with Gasteiger partial charge in [0.25, 0.3) is 0 Å². The maximum atomic E-state index is 11.5. The first-order valence-electron chi connectivity index (χ1n) is 4.47. The monoisotopic (exact) mass is 208 g/mol. The quantitative estimate of drug-likeness (QED) is 0.752. The maximum Gasteiger partial charge on any atom is 0.151 e. The Morgan fingerprint density at radius 3 is 2.08 bits per heavy atom. The maximum absolute atomic E-state index is 11.5. The van der Waals surface area contributed by atoms with E-state index in [1.54, 1.807) is 6.92 Å². The minimum atomic E-state index is -3.01. The topological polar surface area (TPSA) is 54.4 Å². The van der Waals surface area contributed by atoms with Gasteiger partial charge in [0.05, 0.1) is 11.5 Å². The van der Waals surface area contributed by atoms with Gasteiger partial charge in [-0.2, -0.15) is 0 Å². The van der Waals surface area contributed by atoms with Crippen LogP contribution < -0.4 is 0 Å². The van der Waals surface area contributed by atoms with Crippen molar-refractivity contribution < 1.29 is 13.5 Å². The lowest BCUT2D eigenvalue weighted by Gasteiger charge is -2.19. The van der Waals surface area contributed by atoms with Gasteiger partial charge in [-0.1, -0.05) is 27.7 Å². The van der Waals surface area contributed by atoms with Crippen molar-refractivity contribution in [3.8, 4) is 0 Å². The zero-order valence-electron chi connectivity index (χ0n) is 8.87. The first kappa shape index (κ1) is 12.9.